The minimum atomic E-state index is 0.884. The van der Waals surface area contributed by atoms with E-state index in [9.17, 15) is 0 Å². The SMILES string of the molecule is CCN(CC)c1ccc(-c2nc3ccc4ccccc4c3c3c2CNCC3)cc1. The Labute approximate surface area is 172 Å². The molecule has 1 aliphatic heterocycles. The zero-order valence-electron chi connectivity index (χ0n) is 17.2. The first-order chi connectivity index (χ1) is 14.3. The van der Waals surface area contributed by atoms with E-state index in [2.05, 4.69) is 84.7 Å². The maximum Gasteiger partial charge on any atom is 0.0757 e. The molecule has 3 nitrogen and oxygen atoms in total. The number of rotatable bonds is 4. The van der Waals surface area contributed by atoms with Crippen molar-refractivity contribution in [2.24, 2.45) is 0 Å². The van der Waals surface area contributed by atoms with Crippen LogP contribution in [0.15, 0.2) is 60.7 Å². The molecule has 0 atom stereocenters. The molecule has 0 bridgehead atoms. The number of benzene rings is 3. The van der Waals surface area contributed by atoms with Gasteiger partial charge in [-0.2, -0.15) is 0 Å². The topological polar surface area (TPSA) is 28.2 Å². The summed E-state index contributed by atoms with van der Waals surface area (Å²) in [5.41, 5.74) is 7.53. The third-order valence-corrected chi connectivity index (χ3v) is 6.21. The summed E-state index contributed by atoms with van der Waals surface area (Å²) in [6, 6.07) is 22.0. The average molecular weight is 382 g/mol. The molecule has 0 saturated heterocycles. The van der Waals surface area contributed by atoms with Gasteiger partial charge in [0, 0.05) is 36.3 Å². The Bertz CT molecular complexity index is 1170. The van der Waals surface area contributed by atoms with E-state index < -0.39 is 0 Å². The third kappa shape index (κ3) is 3.06. The minimum Gasteiger partial charge on any atom is -0.372 e. The van der Waals surface area contributed by atoms with E-state index in [0.29, 0.717) is 0 Å². The normalized spacial score (nSPS) is 13.6. The molecule has 0 amide bonds. The lowest BCUT2D eigenvalue weighted by molar-refractivity contribution is 0.646. The number of hydrogen-bond donors (Lipinski definition) is 1. The van der Waals surface area contributed by atoms with Gasteiger partial charge in [0.1, 0.15) is 0 Å². The molecule has 1 aromatic heterocycles. The van der Waals surface area contributed by atoms with Gasteiger partial charge in [-0.05, 0) is 66.9 Å². The molecule has 1 N–H and O–H groups in total. The first-order valence-electron chi connectivity index (χ1n) is 10.7. The van der Waals surface area contributed by atoms with Gasteiger partial charge in [0.05, 0.1) is 11.2 Å². The fraction of sp³-hybridized carbons (Fsp3) is 0.269. The van der Waals surface area contributed by atoms with Crippen LogP contribution in [-0.4, -0.2) is 24.6 Å². The molecular weight excluding hydrogens is 354 g/mol. The fourth-order valence-electron chi connectivity index (χ4n) is 4.70. The van der Waals surface area contributed by atoms with E-state index in [-0.39, 0.29) is 0 Å². The highest BCUT2D eigenvalue weighted by atomic mass is 15.1. The van der Waals surface area contributed by atoms with Crippen molar-refractivity contribution < 1.29 is 0 Å². The monoisotopic (exact) mass is 381 g/mol. The van der Waals surface area contributed by atoms with Crippen molar-refractivity contribution >= 4 is 27.4 Å². The number of aromatic nitrogens is 1. The largest absolute Gasteiger partial charge is 0.372 e. The van der Waals surface area contributed by atoms with Gasteiger partial charge in [0.2, 0.25) is 0 Å². The second-order valence-corrected chi connectivity index (χ2v) is 7.74. The molecule has 29 heavy (non-hydrogen) atoms. The molecule has 1 aliphatic rings. The van der Waals surface area contributed by atoms with E-state index in [1.807, 2.05) is 0 Å². The van der Waals surface area contributed by atoms with Crippen molar-refractivity contribution in [2.75, 3.05) is 24.5 Å². The summed E-state index contributed by atoms with van der Waals surface area (Å²) >= 11 is 0. The Morgan fingerprint density at radius 3 is 2.48 bits per heavy atom. The van der Waals surface area contributed by atoms with Crippen molar-refractivity contribution in [3.63, 3.8) is 0 Å². The lowest BCUT2D eigenvalue weighted by Crippen LogP contribution is -2.25. The van der Waals surface area contributed by atoms with Crippen LogP contribution in [0.25, 0.3) is 32.9 Å². The van der Waals surface area contributed by atoms with Crippen LogP contribution in [-0.2, 0) is 13.0 Å². The summed E-state index contributed by atoms with van der Waals surface area (Å²) < 4.78 is 0. The summed E-state index contributed by atoms with van der Waals surface area (Å²) in [7, 11) is 0. The molecule has 3 heteroatoms. The van der Waals surface area contributed by atoms with E-state index >= 15 is 0 Å². The van der Waals surface area contributed by atoms with Gasteiger partial charge >= 0.3 is 0 Å². The van der Waals surface area contributed by atoms with Gasteiger partial charge in [-0.25, -0.2) is 4.98 Å². The molecule has 3 aromatic carbocycles. The molecule has 0 radical (unpaired) electrons. The summed E-state index contributed by atoms with van der Waals surface area (Å²) in [4.78, 5) is 7.55. The van der Waals surface area contributed by atoms with E-state index in [1.165, 1.54) is 38.5 Å². The van der Waals surface area contributed by atoms with Gasteiger partial charge in [0.25, 0.3) is 0 Å². The number of pyridine rings is 1. The van der Waals surface area contributed by atoms with E-state index in [0.717, 1.165) is 43.8 Å². The predicted molar refractivity (Wildman–Crippen MR) is 124 cm³/mol. The second kappa shape index (κ2) is 7.49. The molecule has 4 aromatic rings. The highest BCUT2D eigenvalue weighted by Crippen LogP contribution is 2.36. The van der Waals surface area contributed by atoms with Gasteiger partial charge in [-0.3, -0.25) is 0 Å². The van der Waals surface area contributed by atoms with Crippen molar-refractivity contribution in [1.82, 2.24) is 10.3 Å². The molecule has 0 unspecified atom stereocenters. The van der Waals surface area contributed by atoms with Crippen LogP contribution in [0.4, 0.5) is 5.69 Å². The van der Waals surface area contributed by atoms with Crippen molar-refractivity contribution in [2.45, 2.75) is 26.8 Å². The molecule has 0 aliphatic carbocycles. The van der Waals surface area contributed by atoms with Crippen molar-refractivity contribution in [3.8, 4) is 11.3 Å². The second-order valence-electron chi connectivity index (χ2n) is 7.74. The number of hydrogen-bond acceptors (Lipinski definition) is 3. The number of fused-ring (bicyclic) bond motifs is 5. The molecule has 0 spiro atoms. The van der Waals surface area contributed by atoms with Gasteiger partial charge < -0.3 is 10.2 Å². The van der Waals surface area contributed by atoms with Crippen LogP contribution in [0, 0.1) is 0 Å². The van der Waals surface area contributed by atoms with Gasteiger partial charge in [0.15, 0.2) is 0 Å². The Balaban J connectivity index is 1.72. The van der Waals surface area contributed by atoms with Gasteiger partial charge in [-0.15, -0.1) is 0 Å². The van der Waals surface area contributed by atoms with E-state index in [1.54, 1.807) is 0 Å². The summed E-state index contributed by atoms with van der Waals surface area (Å²) in [5, 5.41) is 7.51. The number of anilines is 1. The van der Waals surface area contributed by atoms with Crippen LogP contribution in [0.2, 0.25) is 0 Å². The molecule has 5 rings (SSSR count). The lowest BCUT2D eigenvalue weighted by Gasteiger charge is -2.24. The third-order valence-electron chi connectivity index (χ3n) is 6.21. The Morgan fingerprint density at radius 1 is 0.897 bits per heavy atom. The number of nitrogens with one attached hydrogen (secondary N) is 1. The van der Waals surface area contributed by atoms with Crippen molar-refractivity contribution in [1.29, 1.82) is 0 Å². The molecule has 146 valence electrons. The molecular formula is C26H27N3. The Hall–Kier alpha value is -2.91. The highest BCUT2D eigenvalue weighted by molar-refractivity contribution is 6.09. The maximum absolute atomic E-state index is 5.17. The van der Waals surface area contributed by atoms with Crippen LogP contribution >= 0.6 is 0 Å². The fourth-order valence-corrected chi connectivity index (χ4v) is 4.70. The van der Waals surface area contributed by atoms with E-state index in [4.69, 9.17) is 4.98 Å². The zero-order valence-corrected chi connectivity index (χ0v) is 17.2. The van der Waals surface area contributed by atoms with Crippen LogP contribution < -0.4 is 10.2 Å². The Morgan fingerprint density at radius 2 is 1.69 bits per heavy atom. The lowest BCUT2D eigenvalue weighted by atomic mass is 9.90. The zero-order chi connectivity index (χ0) is 19.8. The first-order valence-corrected chi connectivity index (χ1v) is 10.7. The predicted octanol–water partition coefficient (Wildman–Crippen LogP) is 5.55. The van der Waals surface area contributed by atoms with Crippen LogP contribution in [0.3, 0.4) is 0 Å². The maximum atomic E-state index is 5.17. The molecule has 2 heterocycles. The molecule has 0 fully saturated rings. The van der Waals surface area contributed by atoms with Crippen LogP contribution in [0.1, 0.15) is 25.0 Å². The quantitative estimate of drug-likeness (QED) is 0.470. The van der Waals surface area contributed by atoms with Crippen molar-refractivity contribution in [3.05, 3.63) is 71.8 Å². The first kappa shape index (κ1) is 18.1. The highest BCUT2D eigenvalue weighted by Gasteiger charge is 2.20. The summed E-state index contributed by atoms with van der Waals surface area (Å²) in [5.74, 6) is 0. The average Bonchev–Trinajstić information content (AvgIpc) is 2.79. The standard InChI is InChI=1S/C26H27N3/c1-3-29(4-2)20-12-9-19(10-13-20)26-23-17-27-16-15-22(23)25-21-8-6-5-7-18(21)11-14-24(25)28-26/h5-14,27H,3-4,15-17H2,1-2H3. The van der Waals surface area contributed by atoms with Gasteiger partial charge in [-0.1, -0.05) is 42.5 Å². The smallest absolute Gasteiger partial charge is 0.0757 e. The summed E-state index contributed by atoms with van der Waals surface area (Å²) in [6.45, 7) is 8.36. The molecule has 0 saturated carbocycles. The van der Waals surface area contributed by atoms with Crippen LogP contribution in [0.5, 0.6) is 0 Å². The minimum absolute atomic E-state index is 0.884. The Kier molecular flexibility index (Phi) is 4.69. The summed E-state index contributed by atoms with van der Waals surface area (Å²) in [6.07, 6.45) is 1.05. The number of nitrogens with zero attached hydrogens (tertiary/aromatic N) is 2.